The van der Waals surface area contributed by atoms with Gasteiger partial charge in [-0.05, 0) is 6.92 Å². The molecule has 0 amide bonds. The predicted molar refractivity (Wildman–Crippen MR) is 35.0 cm³/mol. The Morgan fingerprint density at radius 3 is 2.00 bits per heavy atom. The highest BCUT2D eigenvalue weighted by molar-refractivity contribution is 6.83. The first-order chi connectivity index (χ1) is 3.55. The van der Waals surface area contributed by atoms with Gasteiger partial charge in [-0.3, -0.25) is 5.41 Å². The Morgan fingerprint density at radius 2 is 2.00 bits per heavy atom. The van der Waals surface area contributed by atoms with E-state index in [0.29, 0.717) is 0 Å². The second kappa shape index (κ2) is 2.79. The molecule has 8 heavy (non-hydrogen) atoms. The molecule has 0 bridgehead atoms. The van der Waals surface area contributed by atoms with Gasteiger partial charge in [0.25, 0.3) is 0 Å². The minimum absolute atomic E-state index is 0.0216. The Hall–Kier alpha value is -0.410. The highest BCUT2D eigenvalue weighted by Crippen LogP contribution is 1.87. The number of rotatable bonds is 2. The van der Waals surface area contributed by atoms with E-state index in [4.69, 9.17) is 28.2 Å². The van der Waals surface area contributed by atoms with Crippen molar-refractivity contribution in [2.45, 2.75) is 13.0 Å². The fourth-order valence-corrected chi connectivity index (χ4v) is 0.372. The summed E-state index contributed by atoms with van der Waals surface area (Å²) in [5.41, 5.74) is 5.17. The lowest BCUT2D eigenvalue weighted by Gasteiger charge is -2.01. The third kappa shape index (κ3) is 2.04. The van der Waals surface area contributed by atoms with Crippen LogP contribution in [-0.4, -0.2) is 16.9 Å². The number of hydrogen-bond acceptors (Lipinski definition) is 3. The SMILES string of the molecule is CC(N)C(=N)C(=N)Cl. The van der Waals surface area contributed by atoms with Gasteiger partial charge in [-0.15, -0.1) is 0 Å². The predicted octanol–water partition coefficient (Wildman–Crippen LogP) is 0.569. The lowest BCUT2D eigenvalue weighted by molar-refractivity contribution is 0.976. The van der Waals surface area contributed by atoms with Crippen LogP contribution in [0.3, 0.4) is 0 Å². The molecule has 4 heteroatoms. The summed E-state index contributed by atoms with van der Waals surface area (Å²) in [6, 6.07) is -0.431. The molecule has 0 heterocycles. The van der Waals surface area contributed by atoms with Crippen LogP contribution in [0.15, 0.2) is 0 Å². The zero-order valence-corrected chi connectivity index (χ0v) is 5.29. The first-order valence-electron chi connectivity index (χ1n) is 2.14. The zero-order chi connectivity index (χ0) is 6.73. The molecule has 4 N–H and O–H groups in total. The van der Waals surface area contributed by atoms with Crippen LogP contribution in [0.4, 0.5) is 0 Å². The topological polar surface area (TPSA) is 73.7 Å². The van der Waals surface area contributed by atoms with Crippen molar-refractivity contribution in [1.29, 1.82) is 10.8 Å². The second-order valence-electron chi connectivity index (χ2n) is 1.52. The van der Waals surface area contributed by atoms with Gasteiger partial charge in [-0.2, -0.15) is 0 Å². The molecule has 0 saturated carbocycles. The standard InChI is InChI=1S/C4H8ClN3/c1-2(6)3(7)4(5)8/h2,7-8H,6H2,1H3. The molecule has 0 aromatic carbocycles. The maximum absolute atomic E-state index is 6.92. The molecule has 3 nitrogen and oxygen atoms in total. The van der Waals surface area contributed by atoms with E-state index in [1.165, 1.54) is 0 Å². The molecule has 0 rings (SSSR count). The molecule has 0 radical (unpaired) electrons. The molecule has 0 spiro atoms. The first-order valence-corrected chi connectivity index (χ1v) is 2.52. The van der Waals surface area contributed by atoms with Gasteiger partial charge in [0, 0.05) is 6.04 Å². The van der Waals surface area contributed by atoms with E-state index in [0.717, 1.165) is 0 Å². The minimum atomic E-state index is -0.431. The monoisotopic (exact) mass is 133 g/mol. The van der Waals surface area contributed by atoms with Crippen LogP contribution in [0.5, 0.6) is 0 Å². The van der Waals surface area contributed by atoms with Crippen molar-refractivity contribution in [3.8, 4) is 0 Å². The van der Waals surface area contributed by atoms with Crippen molar-refractivity contribution in [2.75, 3.05) is 0 Å². The molecule has 0 aliphatic carbocycles. The maximum atomic E-state index is 6.92. The van der Waals surface area contributed by atoms with Gasteiger partial charge >= 0.3 is 0 Å². The Kier molecular flexibility index (Phi) is 2.65. The fourth-order valence-electron chi connectivity index (χ4n) is 0.200. The molecule has 0 aliphatic rings. The van der Waals surface area contributed by atoms with Crippen LogP contribution in [-0.2, 0) is 0 Å². The summed E-state index contributed by atoms with van der Waals surface area (Å²) in [4.78, 5) is 0. The smallest absolute Gasteiger partial charge is 0.143 e. The lowest BCUT2D eigenvalue weighted by Crippen LogP contribution is -2.29. The summed E-state index contributed by atoms with van der Waals surface area (Å²) in [6.45, 7) is 1.61. The van der Waals surface area contributed by atoms with Crippen LogP contribution < -0.4 is 5.73 Å². The Labute approximate surface area is 52.8 Å². The van der Waals surface area contributed by atoms with Crippen molar-refractivity contribution in [2.24, 2.45) is 5.73 Å². The van der Waals surface area contributed by atoms with Crippen molar-refractivity contribution < 1.29 is 0 Å². The average Bonchev–Trinajstić information content (AvgIpc) is 1.64. The van der Waals surface area contributed by atoms with Gasteiger partial charge in [0.15, 0.2) is 0 Å². The largest absolute Gasteiger partial charge is 0.323 e. The van der Waals surface area contributed by atoms with E-state index in [2.05, 4.69) is 0 Å². The summed E-state index contributed by atoms with van der Waals surface area (Å²) in [5.74, 6) is 0. The molecule has 0 aliphatic heterocycles. The number of hydrogen-bond donors (Lipinski definition) is 3. The van der Waals surface area contributed by atoms with Crippen LogP contribution >= 0.6 is 11.6 Å². The van der Waals surface area contributed by atoms with E-state index in [1.807, 2.05) is 0 Å². The summed E-state index contributed by atoms with van der Waals surface area (Å²) < 4.78 is 0. The van der Waals surface area contributed by atoms with Crippen molar-refractivity contribution >= 4 is 22.5 Å². The molecule has 46 valence electrons. The molecule has 0 aromatic heterocycles. The van der Waals surface area contributed by atoms with E-state index in [1.54, 1.807) is 6.92 Å². The average molecular weight is 134 g/mol. The van der Waals surface area contributed by atoms with E-state index in [9.17, 15) is 0 Å². The minimum Gasteiger partial charge on any atom is -0.323 e. The first kappa shape index (κ1) is 7.59. The Bertz CT molecular complexity index is 118. The number of nitrogens with one attached hydrogen (secondary N) is 2. The van der Waals surface area contributed by atoms with Crippen LogP contribution in [0.2, 0.25) is 0 Å². The number of halogens is 1. The normalized spacial score (nSPS) is 12.9. The summed E-state index contributed by atoms with van der Waals surface area (Å²) in [7, 11) is 0. The van der Waals surface area contributed by atoms with Crippen molar-refractivity contribution in [3.05, 3.63) is 0 Å². The summed E-state index contributed by atoms with van der Waals surface area (Å²) in [5, 5.41) is 13.3. The molecular weight excluding hydrogens is 126 g/mol. The van der Waals surface area contributed by atoms with Gasteiger partial charge < -0.3 is 11.1 Å². The lowest BCUT2D eigenvalue weighted by atomic mass is 10.2. The molecule has 0 fully saturated rings. The summed E-state index contributed by atoms with van der Waals surface area (Å²) >= 11 is 5.10. The third-order valence-corrected chi connectivity index (χ3v) is 0.895. The van der Waals surface area contributed by atoms with Crippen molar-refractivity contribution in [3.63, 3.8) is 0 Å². The highest BCUT2D eigenvalue weighted by Gasteiger charge is 2.04. The van der Waals surface area contributed by atoms with Gasteiger partial charge in [0.2, 0.25) is 0 Å². The molecular formula is C4H8ClN3. The van der Waals surface area contributed by atoms with Gasteiger partial charge in [0.1, 0.15) is 5.17 Å². The summed E-state index contributed by atoms with van der Waals surface area (Å²) in [6.07, 6.45) is 0. The van der Waals surface area contributed by atoms with Crippen molar-refractivity contribution in [1.82, 2.24) is 0 Å². The van der Waals surface area contributed by atoms with Crippen LogP contribution in [0.25, 0.3) is 0 Å². The van der Waals surface area contributed by atoms with Gasteiger partial charge in [-0.1, -0.05) is 11.6 Å². The van der Waals surface area contributed by atoms with Crippen LogP contribution in [0.1, 0.15) is 6.92 Å². The maximum Gasteiger partial charge on any atom is 0.143 e. The molecule has 1 atom stereocenters. The van der Waals surface area contributed by atoms with Gasteiger partial charge in [0.05, 0.1) is 5.71 Å². The Morgan fingerprint density at radius 1 is 1.62 bits per heavy atom. The Balaban J connectivity index is 3.84. The molecule has 0 saturated heterocycles. The zero-order valence-electron chi connectivity index (χ0n) is 4.53. The van der Waals surface area contributed by atoms with E-state index >= 15 is 0 Å². The van der Waals surface area contributed by atoms with Gasteiger partial charge in [-0.25, -0.2) is 0 Å². The highest BCUT2D eigenvalue weighted by atomic mass is 35.5. The fraction of sp³-hybridized carbons (Fsp3) is 0.500. The molecule has 0 aromatic rings. The van der Waals surface area contributed by atoms with E-state index < -0.39 is 6.04 Å². The van der Waals surface area contributed by atoms with E-state index in [-0.39, 0.29) is 10.9 Å². The quantitative estimate of drug-likeness (QED) is 0.474. The third-order valence-electron chi connectivity index (χ3n) is 0.692. The second-order valence-corrected chi connectivity index (χ2v) is 1.89. The van der Waals surface area contributed by atoms with Crippen LogP contribution in [0, 0.1) is 10.8 Å². The number of nitrogens with two attached hydrogens (primary N) is 1. The molecule has 1 unspecified atom stereocenters.